The molecule has 0 radical (unpaired) electrons. The Morgan fingerprint density at radius 2 is 1.60 bits per heavy atom. The van der Waals surface area contributed by atoms with E-state index >= 15 is 8.78 Å². The zero-order chi connectivity index (χ0) is 32.0. The quantitative estimate of drug-likeness (QED) is 0.0751. The van der Waals surface area contributed by atoms with Crippen molar-refractivity contribution in [2.24, 2.45) is 0 Å². The summed E-state index contributed by atoms with van der Waals surface area (Å²) >= 11 is 3.75. The van der Waals surface area contributed by atoms with Gasteiger partial charge in [0.1, 0.15) is 23.1 Å². The fraction of sp³-hybridized carbons (Fsp3) is 0.486. The number of anilines is 1. The standard InChI is InChI=1S/C35H43F2IN2O4S/c1-25-35(42)40(32-16-15-26(20-33(32)45-25)34(41)39-23-27-14-13-19-43-27)24-29-30(36)21-28(22-31(29)37)44-18-12-10-8-6-4-2-3-5-7-9-11-17-38/h13-16,19-22,25H,2-12,17-18,23-24H2,1H3,(H,39,41). The largest absolute Gasteiger partial charge is 0.493 e. The smallest absolute Gasteiger partial charge is 0.251 e. The van der Waals surface area contributed by atoms with Crippen LogP contribution in [0.3, 0.4) is 0 Å². The summed E-state index contributed by atoms with van der Waals surface area (Å²) in [6.07, 6.45) is 15.0. The van der Waals surface area contributed by atoms with Crippen molar-refractivity contribution in [1.82, 2.24) is 5.32 Å². The Morgan fingerprint density at radius 1 is 0.956 bits per heavy atom. The van der Waals surface area contributed by atoms with Crippen LogP contribution in [0, 0.1) is 11.6 Å². The maximum absolute atomic E-state index is 15.2. The molecule has 0 spiro atoms. The van der Waals surface area contributed by atoms with Crippen LogP contribution in [0.25, 0.3) is 0 Å². The number of carbonyl (C=O) groups is 2. The van der Waals surface area contributed by atoms with Gasteiger partial charge in [-0.2, -0.15) is 0 Å². The first-order valence-electron chi connectivity index (χ1n) is 16.0. The molecular weight excluding hydrogens is 709 g/mol. The second kappa shape index (κ2) is 18.5. The number of ether oxygens (including phenoxy) is 1. The molecular formula is C35H43F2IN2O4S. The summed E-state index contributed by atoms with van der Waals surface area (Å²) in [7, 11) is 0. The molecule has 2 amide bonds. The number of fused-ring (bicyclic) bond motifs is 1. The number of benzene rings is 2. The van der Waals surface area contributed by atoms with Crippen molar-refractivity contribution in [2.45, 2.75) is 101 Å². The van der Waals surface area contributed by atoms with Crippen molar-refractivity contribution in [1.29, 1.82) is 0 Å². The van der Waals surface area contributed by atoms with Gasteiger partial charge in [-0.25, -0.2) is 8.78 Å². The summed E-state index contributed by atoms with van der Waals surface area (Å²) in [5.74, 6) is -1.28. The van der Waals surface area contributed by atoms with Crippen molar-refractivity contribution in [3.8, 4) is 5.75 Å². The van der Waals surface area contributed by atoms with E-state index < -0.39 is 16.9 Å². The summed E-state index contributed by atoms with van der Waals surface area (Å²) in [5.41, 5.74) is 0.726. The molecule has 45 heavy (non-hydrogen) atoms. The van der Waals surface area contributed by atoms with Gasteiger partial charge in [-0.1, -0.05) is 80.4 Å². The molecule has 2 aromatic carbocycles. The van der Waals surface area contributed by atoms with Gasteiger partial charge in [-0.3, -0.25) is 9.59 Å². The Balaban J connectivity index is 1.26. The summed E-state index contributed by atoms with van der Waals surface area (Å²) in [6, 6.07) is 10.9. The van der Waals surface area contributed by atoms with Gasteiger partial charge in [0.25, 0.3) is 5.91 Å². The average Bonchev–Trinajstić information content (AvgIpc) is 3.55. The predicted molar refractivity (Wildman–Crippen MR) is 184 cm³/mol. The van der Waals surface area contributed by atoms with Crippen molar-refractivity contribution in [3.05, 3.63) is 77.2 Å². The zero-order valence-corrected chi connectivity index (χ0v) is 28.9. The SMILES string of the molecule is CC1Sc2cc(C(=O)NCc3ccco3)ccc2N(Cc2c(F)cc(OCCCCCCCCCCCCCI)cc2F)C1=O. The van der Waals surface area contributed by atoms with E-state index in [0.29, 0.717) is 28.5 Å². The monoisotopic (exact) mass is 752 g/mol. The van der Waals surface area contributed by atoms with Gasteiger partial charge >= 0.3 is 0 Å². The van der Waals surface area contributed by atoms with Crippen molar-refractivity contribution in [2.75, 3.05) is 15.9 Å². The van der Waals surface area contributed by atoms with Crippen LogP contribution in [0.4, 0.5) is 14.5 Å². The number of alkyl halides is 1. The molecule has 1 aliphatic rings. The summed E-state index contributed by atoms with van der Waals surface area (Å²) in [6.45, 7) is 2.12. The lowest BCUT2D eigenvalue weighted by Gasteiger charge is -2.33. The molecule has 2 heterocycles. The van der Waals surface area contributed by atoms with Gasteiger partial charge in [0.2, 0.25) is 5.91 Å². The van der Waals surface area contributed by atoms with E-state index in [1.807, 2.05) is 0 Å². The van der Waals surface area contributed by atoms with Crippen LogP contribution in [-0.2, 0) is 17.9 Å². The number of amides is 2. The summed E-state index contributed by atoms with van der Waals surface area (Å²) in [5, 5.41) is 2.32. The zero-order valence-electron chi connectivity index (χ0n) is 25.9. The average molecular weight is 753 g/mol. The van der Waals surface area contributed by atoms with Gasteiger partial charge in [-0.15, -0.1) is 11.8 Å². The second-order valence-corrected chi connectivity index (χ2v) is 13.9. The van der Waals surface area contributed by atoms with E-state index in [1.165, 1.54) is 90.9 Å². The van der Waals surface area contributed by atoms with E-state index in [-0.39, 0.29) is 36.2 Å². The van der Waals surface area contributed by atoms with Gasteiger partial charge in [0.05, 0.1) is 36.9 Å². The highest BCUT2D eigenvalue weighted by atomic mass is 127. The Morgan fingerprint density at radius 3 is 2.22 bits per heavy atom. The van der Waals surface area contributed by atoms with Crippen LogP contribution in [0.1, 0.15) is 99.2 Å². The molecule has 0 bridgehead atoms. The van der Waals surface area contributed by atoms with E-state index in [2.05, 4.69) is 27.9 Å². The maximum Gasteiger partial charge on any atom is 0.251 e. The normalized spacial score (nSPS) is 14.4. The first-order chi connectivity index (χ1) is 21.9. The molecule has 0 saturated heterocycles. The maximum atomic E-state index is 15.2. The van der Waals surface area contributed by atoms with Crippen molar-refractivity contribution >= 4 is 51.9 Å². The number of unbranched alkanes of at least 4 members (excludes halogenated alkanes) is 10. The molecule has 0 aliphatic carbocycles. The van der Waals surface area contributed by atoms with Crippen molar-refractivity contribution < 1.29 is 27.5 Å². The molecule has 0 saturated carbocycles. The molecule has 10 heteroatoms. The molecule has 6 nitrogen and oxygen atoms in total. The van der Waals surface area contributed by atoms with E-state index in [4.69, 9.17) is 9.15 Å². The molecule has 1 unspecified atom stereocenters. The van der Waals surface area contributed by atoms with Crippen LogP contribution >= 0.6 is 34.4 Å². The molecule has 3 aromatic rings. The summed E-state index contributed by atoms with van der Waals surface area (Å²) in [4.78, 5) is 27.9. The van der Waals surface area contributed by atoms with E-state index in [9.17, 15) is 9.59 Å². The molecule has 1 atom stereocenters. The number of thioether (sulfide) groups is 1. The molecule has 1 aromatic heterocycles. The third-order valence-electron chi connectivity index (χ3n) is 7.91. The number of hydrogen-bond acceptors (Lipinski definition) is 5. The van der Waals surface area contributed by atoms with Gasteiger partial charge in [0.15, 0.2) is 0 Å². The lowest BCUT2D eigenvalue weighted by Crippen LogP contribution is -2.39. The highest BCUT2D eigenvalue weighted by molar-refractivity contribution is 14.1. The minimum atomic E-state index is -0.756. The fourth-order valence-electron chi connectivity index (χ4n) is 5.35. The lowest BCUT2D eigenvalue weighted by molar-refractivity contribution is -0.118. The molecule has 1 aliphatic heterocycles. The number of hydrogen-bond donors (Lipinski definition) is 1. The number of carbonyl (C=O) groups excluding carboxylic acids is 2. The Bertz CT molecular complexity index is 1360. The van der Waals surface area contributed by atoms with Crippen LogP contribution in [-0.4, -0.2) is 28.1 Å². The molecule has 1 N–H and O–H groups in total. The summed E-state index contributed by atoms with van der Waals surface area (Å²) < 4.78 is 42.5. The number of rotatable bonds is 19. The molecule has 244 valence electrons. The Hall–Kier alpha value is -2.60. The van der Waals surface area contributed by atoms with E-state index in [1.54, 1.807) is 37.3 Å². The van der Waals surface area contributed by atoms with Crippen LogP contribution < -0.4 is 15.0 Å². The highest BCUT2D eigenvalue weighted by Gasteiger charge is 2.32. The second-order valence-electron chi connectivity index (χ2n) is 11.4. The number of nitrogens with one attached hydrogen (secondary N) is 1. The van der Waals surface area contributed by atoms with E-state index in [0.717, 1.165) is 19.3 Å². The third-order valence-corrected chi connectivity index (χ3v) is 9.81. The topological polar surface area (TPSA) is 71.8 Å². The fourth-order valence-corrected chi connectivity index (χ4v) is 6.99. The number of furan rings is 1. The first kappa shape index (κ1) is 35.3. The van der Waals surface area contributed by atoms with Crippen molar-refractivity contribution in [3.63, 3.8) is 0 Å². The van der Waals surface area contributed by atoms with Crippen LogP contribution in [0.2, 0.25) is 0 Å². The predicted octanol–water partition coefficient (Wildman–Crippen LogP) is 9.62. The van der Waals surface area contributed by atoms with Gasteiger partial charge in [-0.05, 0) is 54.5 Å². The first-order valence-corrected chi connectivity index (χ1v) is 18.4. The minimum Gasteiger partial charge on any atom is -0.493 e. The van der Waals surface area contributed by atoms with Crippen LogP contribution in [0.5, 0.6) is 5.75 Å². The highest BCUT2D eigenvalue weighted by Crippen LogP contribution is 2.41. The number of nitrogens with zero attached hydrogens (tertiary/aromatic N) is 1. The Labute approximate surface area is 283 Å². The molecule has 0 fully saturated rings. The minimum absolute atomic E-state index is 0.149. The third kappa shape index (κ3) is 10.7. The van der Waals surface area contributed by atoms with Crippen LogP contribution in [0.15, 0.2) is 58.0 Å². The Kier molecular flexibility index (Phi) is 14.5. The number of halogens is 3. The molecule has 4 rings (SSSR count). The van der Waals surface area contributed by atoms with Gasteiger partial charge in [0, 0.05) is 28.2 Å². The van der Waals surface area contributed by atoms with Gasteiger partial charge < -0.3 is 19.4 Å². The lowest BCUT2D eigenvalue weighted by atomic mass is 10.1.